The summed E-state index contributed by atoms with van der Waals surface area (Å²) in [5.74, 6) is -0.167. The van der Waals surface area contributed by atoms with Crippen molar-refractivity contribution in [3.8, 4) is 0 Å². The molecule has 6 heteroatoms. The summed E-state index contributed by atoms with van der Waals surface area (Å²) in [7, 11) is 0. The van der Waals surface area contributed by atoms with Gasteiger partial charge in [-0.25, -0.2) is 0 Å². The Morgan fingerprint density at radius 3 is 2.43 bits per heavy atom. The summed E-state index contributed by atoms with van der Waals surface area (Å²) < 4.78 is 0.836. The second-order valence-electron chi connectivity index (χ2n) is 5.75. The van der Waals surface area contributed by atoms with E-state index in [4.69, 9.17) is 0 Å². The van der Waals surface area contributed by atoms with Crippen LogP contribution in [0.1, 0.15) is 27.2 Å². The number of anilines is 1. The Kier molecular flexibility index (Phi) is 6.84. The van der Waals surface area contributed by atoms with Crippen molar-refractivity contribution in [2.75, 3.05) is 18.4 Å². The zero-order valence-corrected chi connectivity index (χ0v) is 14.2. The van der Waals surface area contributed by atoms with Crippen LogP contribution in [0.3, 0.4) is 0 Å². The predicted octanol–water partition coefficient (Wildman–Crippen LogP) is 2.28. The molecule has 0 aromatic heterocycles. The minimum atomic E-state index is -0.228. The zero-order valence-electron chi connectivity index (χ0n) is 12.6. The standard InChI is InChI=1S/C15H22BrN3O2/c1-15(2,3)19-13(20)8-9-17-10-14(21)18-12-7-5-4-6-11(12)16/h4-7,17H,8-10H2,1-3H3,(H,18,21)(H,19,20). The van der Waals surface area contributed by atoms with Gasteiger partial charge in [0, 0.05) is 23.0 Å². The van der Waals surface area contributed by atoms with Crippen LogP contribution in [0.15, 0.2) is 28.7 Å². The molecule has 0 aliphatic carbocycles. The maximum absolute atomic E-state index is 11.7. The molecule has 0 aliphatic rings. The molecule has 21 heavy (non-hydrogen) atoms. The first-order chi connectivity index (χ1) is 9.78. The van der Waals surface area contributed by atoms with Gasteiger partial charge >= 0.3 is 0 Å². The van der Waals surface area contributed by atoms with E-state index in [9.17, 15) is 9.59 Å². The summed E-state index contributed by atoms with van der Waals surface area (Å²) in [6.45, 7) is 6.44. The summed E-state index contributed by atoms with van der Waals surface area (Å²) in [6, 6.07) is 7.41. The highest BCUT2D eigenvalue weighted by Gasteiger charge is 2.13. The number of carbonyl (C=O) groups excluding carboxylic acids is 2. The first kappa shape index (κ1) is 17.7. The maximum atomic E-state index is 11.7. The predicted molar refractivity (Wildman–Crippen MR) is 88.2 cm³/mol. The summed E-state index contributed by atoms with van der Waals surface area (Å²) in [5, 5.41) is 8.61. The molecule has 0 saturated heterocycles. The number of carbonyl (C=O) groups is 2. The highest BCUT2D eigenvalue weighted by molar-refractivity contribution is 9.10. The normalized spacial score (nSPS) is 11.0. The minimum absolute atomic E-state index is 0.0267. The molecular formula is C15H22BrN3O2. The lowest BCUT2D eigenvalue weighted by Crippen LogP contribution is -2.42. The Hall–Kier alpha value is -1.40. The van der Waals surface area contributed by atoms with Crippen molar-refractivity contribution < 1.29 is 9.59 Å². The van der Waals surface area contributed by atoms with Crippen molar-refractivity contribution in [3.63, 3.8) is 0 Å². The van der Waals surface area contributed by atoms with Gasteiger partial charge in [-0.15, -0.1) is 0 Å². The molecule has 0 radical (unpaired) electrons. The van der Waals surface area contributed by atoms with E-state index < -0.39 is 0 Å². The number of rotatable bonds is 6. The Labute approximate surface area is 134 Å². The lowest BCUT2D eigenvalue weighted by molar-refractivity contribution is -0.122. The third-order valence-corrected chi connectivity index (χ3v) is 3.17. The number of para-hydroxylation sites is 1. The number of halogens is 1. The van der Waals surface area contributed by atoms with Crippen LogP contribution in [0.25, 0.3) is 0 Å². The van der Waals surface area contributed by atoms with Crippen LogP contribution in [0.5, 0.6) is 0 Å². The molecule has 0 fully saturated rings. The van der Waals surface area contributed by atoms with Gasteiger partial charge in [0.2, 0.25) is 11.8 Å². The van der Waals surface area contributed by atoms with Gasteiger partial charge in [0.15, 0.2) is 0 Å². The minimum Gasteiger partial charge on any atom is -0.351 e. The van der Waals surface area contributed by atoms with Crippen molar-refractivity contribution in [3.05, 3.63) is 28.7 Å². The molecule has 1 rings (SSSR count). The van der Waals surface area contributed by atoms with Gasteiger partial charge < -0.3 is 16.0 Å². The quantitative estimate of drug-likeness (QED) is 0.685. The first-order valence-corrected chi connectivity index (χ1v) is 7.63. The molecule has 116 valence electrons. The second kappa shape index (κ2) is 8.14. The van der Waals surface area contributed by atoms with E-state index in [1.807, 2.05) is 45.0 Å². The average molecular weight is 356 g/mol. The van der Waals surface area contributed by atoms with Crippen LogP contribution in [-0.2, 0) is 9.59 Å². The van der Waals surface area contributed by atoms with Crippen molar-refractivity contribution in [1.29, 1.82) is 0 Å². The Morgan fingerprint density at radius 2 is 1.81 bits per heavy atom. The summed E-state index contributed by atoms with van der Waals surface area (Å²) in [5.41, 5.74) is 0.503. The van der Waals surface area contributed by atoms with Gasteiger partial charge in [0.05, 0.1) is 12.2 Å². The van der Waals surface area contributed by atoms with Crippen molar-refractivity contribution in [1.82, 2.24) is 10.6 Å². The van der Waals surface area contributed by atoms with Gasteiger partial charge in [-0.05, 0) is 48.8 Å². The number of hydrogen-bond donors (Lipinski definition) is 3. The molecule has 1 aromatic carbocycles. The first-order valence-electron chi connectivity index (χ1n) is 6.84. The van der Waals surface area contributed by atoms with E-state index in [1.165, 1.54) is 0 Å². The molecular weight excluding hydrogens is 334 g/mol. The fourth-order valence-electron chi connectivity index (χ4n) is 1.64. The topological polar surface area (TPSA) is 70.2 Å². The van der Waals surface area contributed by atoms with E-state index in [2.05, 4.69) is 31.9 Å². The number of nitrogens with one attached hydrogen (secondary N) is 3. The van der Waals surface area contributed by atoms with Crippen LogP contribution in [0.4, 0.5) is 5.69 Å². The number of hydrogen-bond acceptors (Lipinski definition) is 3. The van der Waals surface area contributed by atoms with Crippen LogP contribution in [0, 0.1) is 0 Å². The van der Waals surface area contributed by atoms with Gasteiger partial charge in [-0.2, -0.15) is 0 Å². The van der Waals surface area contributed by atoms with Crippen LogP contribution >= 0.6 is 15.9 Å². The summed E-state index contributed by atoms with van der Waals surface area (Å²) in [6.07, 6.45) is 0.347. The fourth-order valence-corrected chi connectivity index (χ4v) is 2.03. The van der Waals surface area contributed by atoms with Gasteiger partial charge in [0.1, 0.15) is 0 Å². The molecule has 1 aromatic rings. The summed E-state index contributed by atoms with van der Waals surface area (Å²) in [4.78, 5) is 23.3. The fraction of sp³-hybridized carbons (Fsp3) is 0.467. The van der Waals surface area contributed by atoms with Crippen molar-refractivity contribution in [2.45, 2.75) is 32.7 Å². The maximum Gasteiger partial charge on any atom is 0.238 e. The smallest absolute Gasteiger partial charge is 0.238 e. The van der Waals surface area contributed by atoms with Crippen LogP contribution in [-0.4, -0.2) is 30.4 Å². The summed E-state index contributed by atoms with van der Waals surface area (Å²) >= 11 is 3.37. The van der Waals surface area contributed by atoms with Crippen molar-refractivity contribution >= 4 is 33.4 Å². The highest BCUT2D eigenvalue weighted by atomic mass is 79.9. The van der Waals surface area contributed by atoms with Crippen LogP contribution in [0.2, 0.25) is 0 Å². The largest absolute Gasteiger partial charge is 0.351 e. The average Bonchev–Trinajstić information content (AvgIpc) is 2.35. The van der Waals surface area contributed by atoms with E-state index in [-0.39, 0.29) is 23.9 Å². The molecule has 0 unspecified atom stereocenters. The third-order valence-electron chi connectivity index (χ3n) is 2.48. The molecule has 0 aliphatic heterocycles. The monoisotopic (exact) mass is 355 g/mol. The van der Waals surface area contributed by atoms with E-state index in [0.717, 1.165) is 10.2 Å². The Balaban J connectivity index is 2.23. The highest BCUT2D eigenvalue weighted by Crippen LogP contribution is 2.20. The SMILES string of the molecule is CC(C)(C)NC(=O)CCNCC(=O)Nc1ccccc1Br. The molecule has 0 bridgehead atoms. The number of benzene rings is 1. The zero-order chi connectivity index (χ0) is 15.9. The van der Waals surface area contributed by atoms with E-state index in [0.29, 0.717) is 13.0 Å². The molecule has 0 spiro atoms. The van der Waals surface area contributed by atoms with Crippen LogP contribution < -0.4 is 16.0 Å². The lowest BCUT2D eigenvalue weighted by Gasteiger charge is -2.20. The third kappa shape index (κ3) is 7.82. The van der Waals surface area contributed by atoms with Gasteiger partial charge in [-0.1, -0.05) is 12.1 Å². The number of amides is 2. The molecule has 3 N–H and O–H groups in total. The van der Waals surface area contributed by atoms with Gasteiger partial charge in [0.25, 0.3) is 0 Å². The van der Waals surface area contributed by atoms with Gasteiger partial charge in [-0.3, -0.25) is 9.59 Å². The van der Waals surface area contributed by atoms with E-state index in [1.54, 1.807) is 0 Å². The molecule has 0 atom stereocenters. The molecule has 0 saturated carbocycles. The molecule has 2 amide bonds. The van der Waals surface area contributed by atoms with Crippen molar-refractivity contribution in [2.24, 2.45) is 0 Å². The Morgan fingerprint density at radius 1 is 1.14 bits per heavy atom. The second-order valence-corrected chi connectivity index (χ2v) is 6.61. The van der Waals surface area contributed by atoms with E-state index >= 15 is 0 Å². The lowest BCUT2D eigenvalue weighted by atomic mass is 10.1. The molecule has 5 nitrogen and oxygen atoms in total. The molecule has 0 heterocycles. The Bertz CT molecular complexity index is 498.